The summed E-state index contributed by atoms with van der Waals surface area (Å²) in [5, 5.41) is 25.6. The molecule has 0 radical (unpaired) electrons. The van der Waals surface area contributed by atoms with Crippen molar-refractivity contribution < 1.29 is 96.1 Å². The van der Waals surface area contributed by atoms with Gasteiger partial charge in [-0.2, -0.15) is 0 Å². The lowest BCUT2D eigenvalue weighted by molar-refractivity contribution is -0.144. The van der Waals surface area contributed by atoms with E-state index in [4.69, 9.17) is 49.4 Å². The van der Waals surface area contributed by atoms with Gasteiger partial charge in [0.15, 0.2) is 23.0 Å². The van der Waals surface area contributed by atoms with Gasteiger partial charge in [-0.25, -0.2) is 9.59 Å². The second-order valence-corrected chi connectivity index (χ2v) is 22.9. The van der Waals surface area contributed by atoms with Crippen molar-refractivity contribution in [2.45, 2.75) is 108 Å². The van der Waals surface area contributed by atoms with Crippen molar-refractivity contribution in [3.8, 4) is 23.0 Å². The number of benzene rings is 4. The van der Waals surface area contributed by atoms with Crippen molar-refractivity contribution in [2.24, 2.45) is 11.5 Å². The van der Waals surface area contributed by atoms with Crippen LogP contribution in [0.5, 0.6) is 23.0 Å². The molecule has 6 amide bonds. The van der Waals surface area contributed by atoms with Gasteiger partial charge in [-0.15, -0.1) is 13.2 Å². The zero-order valence-corrected chi connectivity index (χ0v) is 55.8. The number of esters is 2. The molecular formula is C71H88N8O20. The molecule has 0 aliphatic carbocycles. The average Bonchev–Trinajstić information content (AvgIpc) is 1.77. The van der Waals surface area contributed by atoms with E-state index in [0.29, 0.717) is 80.5 Å². The summed E-state index contributed by atoms with van der Waals surface area (Å²) in [5.41, 5.74) is 13.8. The normalized spacial score (nSPS) is 14.4. The summed E-state index contributed by atoms with van der Waals surface area (Å²) < 4.78 is 44.8. The molecule has 1 unspecified atom stereocenters. The molecule has 0 saturated carbocycles. The minimum atomic E-state index is -1.27. The van der Waals surface area contributed by atoms with Gasteiger partial charge in [0.05, 0.1) is 87.3 Å². The van der Waals surface area contributed by atoms with Gasteiger partial charge in [0.25, 0.3) is 23.6 Å². The fourth-order valence-electron chi connectivity index (χ4n) is 10.7. The number of nitrogens with one attached hydrogen (secondary N) is 2. The molecular weight excluding hydrogens is 1280 g/mol. The molecule has 2 fully saturated rings. The summed E-state index contributed by atoms with van der Waals surface area (Å²) in [7, 11) is 2.80. The molecule has 4 aromatic carbocycles. The van der Waals surface area contributed by atoms with Gasteiger partial charge in [0.1, 0.15) is 26.4 Å². The van der Waals surface area contributed by atoms with Gasteiger partial charge < -0.3 is 79.2 Å². The van der Waals surface area contributed by atoms with Crippen molar-refractivity contribution >= 4 is 82.1 Å². The Morgan fingerprint density at radius 1 is 0.545 bits per heavy atom. The summed E-state index contributed by atoms with van der Waals surface area (Å²) in [5.74, 6) is -5.08. The highest BCUT2D eigenvalue weighted by atomic mass is 16.6. The summed E-state index contributed by atoms with van der Waals surface area (Å²) in [6.45, 7) is 14.2. The molecule has 8 N–H and O–H groups in total. The number of Topliss-reactive ketones (excluding diaryl/α,β-unsaturated/α-hetero) is 2. The zero-order valence-electron chi connectivity index (χ0n) is 55.8. The highest BCUT2D eigenvalue weighted by molar-refractivity contribution is 6.43. The molecule has 99 heavy (non-hydrogen) atoms. The summed E-state index contributed by atoms with van der Waals surface area (Å²) >= 11 is 0. The van der Waals surface area contributed by atoms with Gasteiger partial charge in [-0.1, -0.05) is 61.7 Å². The number of rotatable bonds is 40. The highest BCUT2D eigenvalue weighted by Crippen LogP contribution is 2.38. The summed E-state index contributed by atoms with van der Waals surface area (Å²) in [6, 6.07) is 14.8. The van der Waals surface area contributed by atoms with Crippen LogP contribution in [0, 0.1) is 0 Å². The van der Waals surface area contributed by atoms with E-state index in [9.17, 15) is 58.2 Å². The Hall–Kier alpha value is -10.4. The largest absolute Gasteiger partial charge is 0.493 e. The number of nitrogens with two attached hydrogens (primary N) is 2. The van der Waals surface area contributed by atoms with Crippen LogP contribution in [0.1, 0.15) is 102 Å². The number of amides is 6. The summed E-state index contributed by atoms with van der Waals surface area (Å²) in [4.78, 5) is 138. The fraction of sp³-hybridized carbons (Fsp3) is 0.408. The predicted molar refractivity (Wildman–Crippen MR) is 365 cm³/mol. The zero-order chi connectivity index (χ0) is 72.0. The SMILES string of the molecule is C=CCOC(=O)CC[C@H](N)C(=O)C(=O)N(CC=C)c1ccc(COC(=O)Nc2cc(OCCCCCOc3cc(NC(=O)OCc4ccc(N(CC=C)C(=O)C(=O)[C@@H](N)CCC(=O)OCC=C)cc4)c(C(=O)N4CCC[C@H]4CO)cc3OC)c(OC)cc2C(=O)N2CCCC2CO)cc1. The molecule has 2 aliphatic heterocycles. The lowest BCUT2D eigenvalue weighted by atomic mass is 10.1. The van der Waals surface area contributed by atoms with Crippen LogP contribution >= 0.6 is 0 Å². The molecule has 2 heterocycles. The third-order valence-electron chi connectivity index (χ3n) is 16.0. The number of hydrogen-bond acceptors (Lipinski definition) is 22. The Balaban J connectivity index is 1.08. The van der Waals surface area contributed by atoms with Gasteiger partial charge in [-0.3, -0.25) is 49.0 Å². The third kappa shape index (κ3) is 22.3. The number of aliphatic hydroxyl groups is 2. The van der Waals surface area contributed by atoms with E-state index in [2.05, 4.69) is 36.9 Å². The minimum Gasteiger partial charge on any atom is -0.493 e. The third-order valence-corrected chi connectivity index (χ3v) is 16.0. The van der Waals surface area contributed by atoms with Gasteiger partial charge in [-0.05, 0) is 105 Å². The lowest BCUT2D eigenvalue weighted by Gasteiger charge is -2.25. The number of methoxy groups -OCH3 is 2. The van der Waals surface area contributed by atoms with E-state index in [0.717, 1.165) is 0 Å². The van der Waals surface area contributed by atoms with E-state index in [-0.39, 0.29) is 137 Å². The number of aliphatic hydroxyl groups excluding tert-OH is 2. The van der Waals surface area contributed by atoms with E-state index >= 15 is 0 Å². The van der Waals surface area contributed by atoms with Crippen LogP contribution in [0.15, 0.2) is 123 Å². The molecule has 0 aromatic heterocycles. The molecule has 2 saturated heterocycles. The molecule has 0 bridgehead atoms. The minimum absolute atomic E-state index is 0.00634. The second-order valence-electron chi connectivity index (χ2n) is 22.9. The van der Waals surface area contributed by atoms with Gasteiger partial charge >= 0.3 is 24.1 Å². The Labute approximate surface area is 574 Å². The molecule has 28 heteroatoms. The smallest absolute Gasteiger partial charge is 0.411 e. The van der Waals surface area contributed by atoms with Crippen molar-refractivity contribution in [1.29, 1.82) is 0 Å². The topological polar surface area (TPSA) is 374 Å². The number of nitrogens with zero attached hydrogens (tertiary/aromatic N) is 4. The molecule has 4 atom stereocenters. The van der Waals surface area contributed by atoms with Crippen LogP contribution in [0.2, 0.25) is 0 Å². The number of unbranched alkanes of at least 4 members (excludes halogenated alkanes) is 2. The van der Waals surface area contributed by atoms with Crippen LogP contribution in [0.4, 0.5) is 32.3 Å². The number of hydrogen-bond donors (Lipinski definition) is 6. The first-order valence-corrected chi connectivity index (χ1v) is 32.3. The molecule has 28 nitrogen and oxygen atoms in total. The predicted octanol–water partition coefficient (Wildman–Crippen LogP) is 6.87. The first-order chi connectivity index (χ1) is 47.7. The lowest BCUT2D eigenvalue weighted by Crippen LogP contribution is -2.45. The van der Waals surface area contributed by atoms with Crippen LogP contribution in [0.25, 0.3) is 0 Å². The highest BCUT2D eigenvalue weighted by Gasteiger charge is 2.35. The first-order valence-electron chi connectivity index (χ1n) is 32.3. The van der Waals surface area contributed by atoms with E-state index in [1.807, 2.05) is 0 Å². The fourth-order valence-corrected chi connectivity index (χ4v) is 10.7. The van der Waals surface area contributed by atoms with Crippen molar-refractivity contribution in [1.82, 2.24) is 9.80 Å². The second kappa shape index (κ2) is 39.7. The maximum absolute atomic E-state index is 14.2. The number of ketones is 2. The Morgan fingerprint density at radius 2 is 0.929 bits per heavy atom. The molecule has 6 rings (SSSR count). The first kappa shape index (κ1) is 77.6. The standard InChI is InChI=1S/C71H88N8O20/c1-7-30-76(68(88)64(84)54(72)26-28-62(82)96-34-9-3)48-22-18-46(19-23-48)44-98-70(90)74-56-40-60(58(92-5)38-52(56)66(86)78-32-14-16-50(78)42-80)94-36-12-11-13-37-95-61-41-57(53(39-59(61)93-6)67(87)79-33-15-17-51(79)43-81)75-71(91)99-45-47-20-24-49(25-21-47)77(31-8-2)69(89)65(85)55(73)27-29-63(83)97-35-10-4/h7-10,18-25,38-41,50-51,54-55,80-81H,1-4,11-17,26-37,42-45,72-73H2,5-6H3,(H,74,90)(H,75,91)/t50-,51?,54-,55-/m0/s1. The number of carbonyl (C=O) groups excluding carboxylic acids is 10. The number of likely N-dealkylation sites (tertiary alicyclic amines) is 2. The van der Waals surface area contributed by atoms with Crippen LogP contribution in [0.3, 0.4) is 0 Å². The Bertz CT molecular complexity index is 3300. The maximum Gasteiger partial charge on any atom is 0.411 e. The van der Waals surface area contributed by atoms with Gasteiger partial charge in [0, 0.05) is 62.5 Å². The average molecular weight is 1370 g/mol. The van der Waals surface area contributed by atoms with Gasteiger partial charge in [0.2, 0.25) is 11.6 Å². The van der Waals surface area contributed by atoms with Crippen molar-refractivity contribution in [3.63, 3.8) is 0 Å². The molecule has 532 valence electrons. The number of anilines is 4. The number of carbonyl (C=O) groups is 10. The van der Waals surface area contributed by atoms with E-state index < -0.39 is 83.5 Å². The van der Waals surface area contributed by atoms with Crippen molar-refractivity contribution in [2.75, 3.05) is 100 Å². The Morgan fingerprint density at radius 3 is 1.27 bits per heavy atom. The Kier molecular flexibility index (Phi) is 31.1. The quantitative estimate of drug-likeness (QED) is 0.00869. The van der Waals surface area contributed by atoms with Crippen LogP contribution in [-0.2, 0) is 60.9 Å². The van der Waals surface area contributed by atoms with Crippen LogP contribution < -0.4 is 50.8 Å². The van der Waals surface area contributed by atoms with E-state index in [1.165, 1.54) is 82.4 Å². The summed E-state index contributed by atoms with van der Waals surface area (Å²) in [6.07, 6.45) is 7.14. The molecule has 4 aromatic rings. The van der Waals surface area contributed by atoms with E-state index in [1.54, 1.807) is 48.5 Å². The molecule has 0 spiro atoms. The monoisotopic (exact) mass is 1370 g/mol. The van der Waals surface area contributed by atoms with Crippen molar-refractivity contribution in [3.05, 3.63) is 146 Å². The maximum atomic E-state index is 14.2. The number of ether oxygens (including phenoxy) is 8. The van der Waals surface area contributed by atoms with Crippen LogP contribution in [-0.4, -0.2) is 184 Å². The molecule has 2 aliphatic rings.